The second-order valence-corrected chi connectivity index (χ2v) is 11.2. The van der Waals surface area contributed by atoms with E-state index in [1.165, 1.54) is 16.3 Å². The smallest absolute Gasteiger partial charge is 0.417 e. The molecular weight excluding hydrogens is 531 g/mol. The van der Waals surface area contributed by atoms with Crippen molar-refractivity contribution in [2.45, 2.75) is 71.6 Å². The Hall–Kier alpha value is -4.14. The average Bonchev–Trinajstić information content (AvgIpc) is 3.21. The summed E-state index contributed by atoms with van der Waals surface area (Å²) in [7, 11) is 0. The second-order valence-electron chi connectivity index (χ2n) is 11.2. The van der Waals surface area contributed by atoms with Crippen LogP contribution in [-0.2, 0) is 37.5 Å². The van der Waals surface area contributed by atoms with E-state index in [4.69, 9.17) is 0 Å². The Kier molecular flexibility index (Phi) is 8.56. The number of carboxylic acid groups (broad SMARTS) is 1. The summed E-state index contributed by atoms with van der Waals surface area (Å²) in [6, 6.07) is 18.7. The van der Waals surface area contributed by atoms with E-state index in [0.717, 1.165) is 35.5 Å². The number of aryl methyl sites for hydroxylation is 2. The zero-order valence-electron chi connectivity index (χ0n) is 23.6. The van der Waals surface area contributed by atoms with E-state index < -0.39 is 23.3 Å². The number of nitrogens with zero attached hydrogens (tertiary/aromatic N) is 3. The highest BCUT2D eigenvalue weighted by Crippen LogP contribution is 2.34. The van der Waals surface area contributed by atoms with Crippen LogP contribution in [0.15, 0.2) is 71.5 Å². The Bertz CT molecular complexity index is 1580. The summed E-state index contributed by atoms with van der Waals surface area (Å²) in [5.41, 5.74) is 2.25. The molecule has 0 aliphatic rings. The Labute approximate surface area is 237 Å². The molecule has 3 aromatic carbocycles. The van der Waals surface area contributed by atoms with Crippen LogP contribution in [0, 0.1) is 0 Å². The van der Waals surface area contributed by atoms with Crippen molar-refractivity contribution in [2.75, 3.05) is 0 Å². The van der Waals surface area contributed by atoms with Crippen LogP contribution in [0.4, 0.5) is 13.2 Å². The molecule has 0 amide bonds. The fourth-order valence-corrected chi connectivity index (χ4v) is 4.84. The van der Waals surface area contributed by atoms with Crippen molar-refractivity contribution in [1.29, 1.82) is 0 Å². The first kappa shape index (κ1) is 29.8. The van der Waals surface area contributed by atoms with Crippen LogP contribution in [0.2, 0.25) is 0 Å². The van der Waals surface area contributed by atoms with Gasteiger partial charge in [0, 0.05) is 13.0 Å². The highest BCUT2D eigenvalue weighted by Gasteiger charge is 2.35. The molecule has 1 aromatic heterocycles. The van der Waals surface area contributed by atoms with Gasteiger partial charge in [0.1, 0.15) is 5.82 Å². The minimum absolute atomic E-state index is 0.0543. The monoisotopic (exact) mass is 565 g/mol. The molecule has 4 rings (SSSR count). The molecule has 0 unspecified atom stereocenters. The molecule has 4 aromatic rings. The molecule has 0 saturated heterocycles. The predicted octanol–water partition coefficient (Wildman–Crippen LogP) is 6.97. The molecular formula is C32H34F3N3O3. The van der Waals surface area contributed by atoms with Crippen LogP contribution in [-0.4, -0.2) is 25.4 Å². The maximum Gasteiger partial charge on any atom is 0.417 e. The molecule has 0 aliphatic heterocycles. The van der Waals surface area contributed by atoms with Gasteiger partial charge in [-0.05, 0) is 65.1 Å². The normalized spacial score (nSPS) is 12.1. The minimum atomic E-state index is -4.74. The van der Waals surface area contributed by atoms with Crippen LogP contribution >= 0.6 is 0 Å². The summed E-state index contributed by atoms with van der Waals surface area (Å²) in [6.07, 6.45) is -2.67. The van der Waals surface area contributed by atoms with E-state index in [0.29, 0.717) is 37.1 Å². The van der Waals surface area contributed by atoms with Gasteiger partial charge in [0.15, 0.2) is 0 Å². The first-order chi connectivity index (χ1) is 19.3. The third-order valence-corrected chi connectivity index (χ3v) is 7.18. The van der Waals surface area contributed by atoms with Crippen LogP contribution < -0.4 is 5.69 Å². The highest BCUT2D eigenvalue weighted by atomic mass is 19.4. The van der Waals surface area contributed by atoms with Crippen LogP contribution in [0.3, 0.4) is 0 Å². The summed E-state index contributed by atoms with van der Waals surface area (Å²) >= 11 is 0. The van der Waals surface area contributed by atoms with Gasteiger partial charge in [-0.25, -0.2) is 14.3 Å². The minimum Gasteiger partial charge on any atom is -0.478 e. The highest BCUT2D eigenvalue weighted by molar-refractivity contribution is 5.91. The molecule has 41 heavy (non-hydrogen) atoms. The van der Waals surface area contributed by atoms with E-state index in [2.05, 4.69) is 38.0 Å². The molecule has 9 heteroatoms. The van der Waals surface area contributed by atoms with E-state index in [-0.39, 0.29) is 11.1 Å². The van der Waals surface area contributed by atoms with Gasteiger partial charge in [0.05, 0.1) is 17.7 Å². The van der Waals surface area contributed by atoms with Gasteiger partial charge in [-0.15, -0.1) is 0 Å². The number of hydrogen-bond acceptors (Lipinski definition) is 3. The van der Waals surface area contributed by atoms with E-state index >= 15 is 0 Å². The third-order valence-electron chi connectivity index (χ3n) is 7.18. The van der Waals surface area contributed by atoms with Gasteiger partial charge in [-0.3, -0.25) is 4.57 Å². The fraction of sp³-hybridized carbons (Fsp3) is 0.344. The Morgan fingerprint density at radius 3 is 2.05 bits per heavy atom. The SMILES string of the molecule is CCn1c(CCCc2ccc(-c3ccc(C(F)(F)F)c(C(=O)O)c3)cc2)nn(Cc2ccc(C(C)(C)C)cc2)c1=O. The van der Waals surface area contributed by atoms with Crippen molar-refractivity contribution in [3.05, 3.63) is 111 Å². The number of aromatic nitrogens is 3. The summed E-state index contributed by atoms with van der Waals surface area (Å²) in [5, 5.41) is 13.9. The number of carbonyl (C=O) groups is 1. The Morgan fingerprint density at radius 2 is 1.49 bits per heavy atom. The number of hydrogen-bond donors (Lipinski definition) is 1. The van der Waals surface area contributed by atoms with Crippen molar-refractivity contribution < 1.29 is 23.1 Å². The van der Waals surface area contributed by atoms with Crippen molar-refractivity contribution >= 4 is 5.97 Å². The maximum atomic E-state index is 13.2. The molecule has 0 bridgehead atoms. The van der Waals surface area contributed by atoms with Gasteiger partial charge in [-0.1, -0.05) is 75.4 Å². The lowest BCUT2D eigenvalue weighted by Crippen LogP contribution is -2.25. The third kappa shape index (κ3) is 6.96. The zero-order valence-corrected chi connectivity index (χ0v) is 23.6. The van der Waals surface area contributed by atoms with Crippen molar-refractivity contribution in [2.24, 2.45) is 0 Å². The van der Waals surface area contributed by atoms with Gasteiger partial charge in [-0.2, -0.15) is 18.3 Å². The first-order valence-electron chi connectivity index (χ1n) is 13.6. The number of carboxylic acids is 1. The number of aromatic carboxylic acids is 1. The zero-order chi connectivity index (χ0) is 29.9. The molecule has 0 saturated carbocycles. The predicted molar refractivity (Wildman–Crippen MR) is 152 cm³/mol. The van der Waals surface area contributed by atoms with Crippen molar-refractivity contribution in [1.82, 2.24) is 14.3 Å². The van der Waals surface area contributed by atoms with Gasteiger partial charge < -0.3 is 5.11 Å². The quantitative estimate of drug-likeness (QED) is 0.238. The van der Waals surface area contributed by atoms with Crippen molar-refractivity contribution in [3.63, 3.8) is 0 Å². The maximum absolute atomic E-state index is 13.2. The molecule has 6 nitrogen and oxygen atoms in total. The lowest BCUT2D eigenvalue weighted by Gasteiger charge is -2.19. The number of alkyl halides is 3. The van der Waals surface area contributed by atoms with Gasteiger partial charge >= 0.3 is 17.8 Å². The molecule has 1 heterocycles. The molecule has 216 valence electrons. The van der Waals surface area contributed by atoms with E-state index in [1.54, 1.807) is 16.7 Å². The summed E-state index contributed by atoms with van der Waals surface area (Å²) < 4.78 is 42.7. The molecule has 1 N–H and O–H groups in total. The standard InChI is InChI=1S/C32H34F3N3O3/c1-5-37-28(36-38(30(37)41)20-22-11-16-25(17-12-22)31(2,3)4)8-6-7-21-9-13-23(14-10-21)24-15-18-27(32(33,34)35)26(19-24)29(39)40/h9-19H,5-8,20H2,1-4H3,(H,39,40). The fourth-order valence-electron chi connectivity index (χ4n) is 4.84. The number of rotatable bonds is 9. The molecule has 0 atom stereocenters. The number of benzene rings is 3. The molecule has 0 radical (unpaired) electrons. The summed E-state index contributed by atoms with van der Waals surface area (Å²) in [6.45, 7) is 9.32. The Balaban J connectivity index is 1.42. The lowest BCUT2D eigenvalue weighted by molar-refractivity contribution is -0.138. The van der Waals surface area contributed by atoms with Gasteiger partial charge in [0.2, 0.25) is 0 Å². The molecule has 0 spiro atoms. The number of halogens is 3. The van der Waals surface area contributed by atoms with Crippen molar-refractivity contribution in [3.8, 4) is 11.1 Å². The average molecular weight is 566 g/mol. The molecule has 0 aliphatic carbocycles. The topological polar surface area (TPSA) is 77.1 Å². The van der Waals surface area contributed by atoms with E-state index in [9.17, 15) is 27.9 Å². The van der Waals surface area contributed by atoms with Gasteiger partial charge in [0.25, 0.3) is 0 Å². The summed E-state index contributed by atoms with van der Waals surface area (Å²) in [5.74, 6) is -0.895. The van der Waals surface area contributed by atoms with E-state index in [1.807, 2.05) is 31.2 Å². The second kappa shape index (κ2) is 11.8. The van der Waals surface area contributed by atoms with Crippen LogP contribution in [0.1, 0.15) is 72.6 Å². The van der Waals surface area contributed by atoms with Crippen LogP contribution in [0.5, 0.6) is 0 Å². The van der Waals surface area contributed by atoms with Crippen LogP contribution in [0.25, 0.3) is 11.1 Å². The lowest BCUT2D eigenvalue weighted by atomic mass is 9.87. The first-order valence-corrected chi connectivity index (χ1v) is 13.6. The largest absolute Gasteiger partial charge is 0.478 e. The molecule has 0 fully saturated rings. The Morgan fingerprint density at radius 1 is 0.878 bits per heavy atom. The summed E-state index contributed by atoms with van der Waals surface area (Å²) in [4.78, 5) is 24.4.